The molecule has 5 rings (SSSR count). The first-order valence-corrected chi connectivity index (χ1v) is 13.7. The number of carbonyl (C=O) groups is 2. The van der Waals surface area contributed by atoms with Crippen LogP contribution in [0.25, 0.3) is 0 Å². The smallest absolute Gasteiger partial charge is 0.338 e. The summed E-state index contributed by atoms with van der Waals surface area (Å²) < 4.78 is 5.08. The first-order chi connectivity index (χ1) is 19.6. The van der Waals surface area contributed by atoms with Crippen LogP contribution >= 0.6 is 12.2 Å². The molecule has 0 bridgehead atoms. The molecule has 1 atom stereocenters. The lowest BCUT2D eigenvalue weighted by Gasteiger charge is -2.38. The van der Waals surface area contributed by atoms with Gasteiger partial charge in [0.15, 0.2) is 10.9 Å². The lowest BCUT2D eigenvalue weighted by molar-refractivity contribution is -0.384. The summed E-state index contributed by atoms with van der Waals surface area (Å²) in [5.41, 5.74) is 4.39. The van der Waals surface area contributed by atoms with Crippen molar-refractivity contribution in [2.75, 3.05) is 22.1 Å². The van der Waals surface area contributed by atoms with E-state index >= 15 is 0 Å². The molecule has 2 N–H and O–H groups in total. The third-order valence-corrected chi connectivity index (χ3v) is 7.49. The molecule has 0 saturated heterocycles. The highest BCUT2D eigenvalue weighted by Crippen LogP contribution is 2.48. The lowest BCUT2D eigenvalue weighted by atomic mass is 9.73. The SMILES string of the molecule is CCOC(=O)c1ccc(NC(=S)N2c3ccccc3NC3=C(C(=O)CC(C)(C)C3)[C@H]2c2ccc([N+](=O)[O-])cc2)cc1. The van der Waals surface area contributed by atoms with Crippen LogP contribution in [0.3, 0.4) is 0 Å². The number of nitro groups is 1. The molecule has 1 heterocycles. The number of hydrogen-bond acceptors (Lipinski definition) is 7. The Balaban J connectivity index is 1.62. The van der Waals surface area contributed by atoms with Crippen molar-refractivity contribution >= 4 is 51.8 Å². The van der Waals surface area contributed by atoms with E-state index in [-0.39, 0.29) is 23.5 Å². The standard InChI is InChI=1S/C31H30N4O5S/c1-4-40-29(37)20-9-13-21(14-10-20)32-30(41)34-25-8-6-5-7-23(25)33-24-17-31(2,3)18-26(36)27(24)28(34)19-11-15-22(16-12-19)35(38)39/h5-16,28,33H,4,17-18H2,1-3H3,(H,32,41)/t28-/m1/s1. The molecule has 0 aromatic heterocycles. The Kier molecular flexibility index (Phi) is 7.59. The van der Waals surface area contributed by atoms with Crippen LogP contribution < -0.4 is 15.5 Å². The minimum Gasteiger partial charge on any atom is -0.462 e. The quantitative estimate of drug-likeness (QED) is 0.148. The fraction of sp³-hybridized carbons (Fsp3) is 0.258. The predicted molar refractivity (Wildman–Crippen MR) is 162 cm³/mol. The number of para-hydroxylation sites is 2. The van der Waals surface area contributed by atoms with Gasteiger partial charge in [0, 0.05) is 35.5 Å². The molecule has 210 valence electrons. The number of esters is 1. The van der Waals surface area contributed by atoms with Crippen LogP contribution in [-0.4, -0.2) is 28.4 Å². The molecule has 0 spiro atoms. The number of Topliss-reactive ketones (excluding diaryl/α,β-unsaturated/α-hetero) is 1. The monoisotopic (exact) mass is 570 g/mol. The van der Waals surface area contributed by atoms with Crippen LogP contribution in [0.2, 0.25) is 0 Å². The van der Waals surface area contributed by atoms with Crippen molar-refractivity contribution in [1.82, 2.24) is 0 Å². The number of benzene rings is 3. The molecule has 0 fully saturated rings. The summed E-state index contributed by atoms with van der Waals surface area (Å²) in [5, 5.41) is 18.5. The van der Waals surface area contributed by atoms with Crippen molar-refractivity contribution in [2.24, 2.45) is 5.41 Å². The number of carbonyl (C=O) groups excluding carboxylic acids is 2. The molecular weight excluding hydrogens is 540 g/mol. The van der Waals surface area contributed by atoms with Gasteiger partial charge >= 0.3 is 5.97 Å². The van der Waals surface area contributed by atoms with E-state index in [1.165, 1.54) is 12.1 Å². The van der Waals surface area contributed by atoms with Crippen LogP contribution in [0.4, 0.5) is 22.7 Å². The zero-order valence-electron chi connectivity index (χ0n) is 23.0. The van der Waals surface area contributed by atoms with Gasteiger partial charge in [0.05, 0.1) is 34.5 Å². The van der Waals surface area contributed by atoms with Gasteiger partial charge in [-0.25, -0.2) is 4.79 Å². The van der Waals surface area contributed by atoms with E-state index in [2.05, 4.69) is 24.5 Å². The topological polar surface area (TPSA) is 114 Å². The summed E-state index contributed by atoms with van der Waals surface area (Å²) in [6.45, 7) is 6.17. The molecule has 1 aliphatic carbocycles. The number of nitrogens with one attached hydrogen (secondary N) is 2. The highest BCUT2D eigenvalue weighted by atomic mass is 32.1. The maximum atomic E-state index is 13.8. The zero-order valence-corrected chi connectivity index (χ0v) is 23.8. The van der Waals surface area contributed by atoms with Gasteiger partial charge in [-0.2, -0.15) is 0 Å². The van der Waals surface area contributed by atoms with Crippen molar-refractivity contribution in [2.45, 2.75) is 39.7 Å². The lowest BCUT2D eigenvalue weighted by Crippen LogP contribution is -2.41. The van der Waals surface area contributed by atoms with Gasteiger partial charge in [-0.3, -0.25) is 14.9 Å². The number of allylic oxidation sites excluding steroid dienone is 1. The van der Waals surface area contributed by atoms with E-state index in [0.29, 0.717) is 40.3 Å². The van der Waals surface area contributed by atoms with Gasteiger partial charge in [0.2, 0.25) is 0 Å². The molecule has 41 heavy (non-hydrogen) atoms. The number of rotatable bonds is 5. The number of nitrogens with zero attached hydrogens (tertiary/aromatic N) is 2. The third-order valence-electron chi connectivity index (χ3n) is 7.19. The molecule has 2 aliphatic rings. The number of fused-ring (bicyclic) bond motifs is 1. The molecule has 0 saturated carbocycles. The number of ether oxygens (including phenoxy) is 1. The van der Waals surface area contributed by atoms with Crippen LogP contribution in [0.1, 0.15) is 55.6 Å². The van der Waals surface area contributed by atoms with E-state index in [1.807, 2.05) is 29.2 Å². The minimum atomic E-state index is -0.649. The van der Waals surface area contributed by atoms with Crippen molar-refractivity contribution < 1.29 is 19.2 Å². The summed E-state index contributed by atoms with van der Waals surface area (Å²) >= 11 is 5.99. The third kappa shape index (κ3) is 5.69. The predicted octanol–water partition coefficient (Wildman–Crippen LogP) is 6.78. The molecule has 0 amide bonds. The van der Waals surface area contributed by atoms with Crippen molar-refractivity contribution in [1.29, 1.82) is 0 Å². The zero-order chi connectivity index (χ0) is 29.3. The molecule has 9 nitrogen and oxygen atoms in total. The molecule has 10 heteroatoms. The normalized spacial score (nSPS) is 17.5. The molecule has 3 aromatic carbocycles. The van der Waals surface area contributed by atoms with Gasteiger partial charge in [-0.15, -0.1) is 0 Å². The summed E-state index contributed by atoms with van der Waals surface area (Å²) in [4.78, 5) is 38.8. The summed E-state index contributed by atoms with van der Waals surface area (Å²) in [6, 6.07) is 20.1. The molecule has 3 aromatic rings. The van der Waals surface area contributed by atoms with E-state index < -0.39 is 16.9 Å². The molecule has 0 radical (unpaired) electrons. The number of thiocarbonyl (C=S) groups is 1. The average Bonchev–Trinajstić information content (AvgIpc) is 3.07. The highest BCUT2D eigenvalue weighted by Gasteiger charge is 2.42. The second-order valence-electron chi connectivity index (χ2n) is 10.8. The van der Waals surface area contributed by atoms with Crippen LogP contribution in [0.15, 0.2) is 84.1 Å². The van der Waals surface area contributed by atoms with Crippen molar-refractivity contribution in [3.63, 3.8) is 0 Å². The Labute approximate surface area is 243 Å². The van der Waals surface area contributed by atoms with E-state index in [9.17, 15) is 19.7 Å². The number of ketones is 1. The fourth-order valence-electron chi connectivity index (χ4n) is 5.39. The van der Waals surface area contributed by atoms with Gasteiger partial charge in [-0.1, -0.05) is 26.0 Å². The largest absolute Gasteiger partial charge is 0.462 e. The number of non-ortho nitro benzene ring substituents is 1. The van der Waals surface area contributed by atoms with Gasteiger partial charge in [-0.05, 0) is 85.1 Å². The summed E-state index contributed by atoms with van der Waals surface area (Å²) in [7, 11) is 0. The number of nitro benzene ring substituents is 1. The Morgan fingerprint density at radius 2 is 1.78 bits per heavy atom. The first-order valence-electron chi connectivity index (χ1n) is 13.3. The van der Waals surface area contributed by atoms with E-state index in [1.54, 1.807) is 43.3 Å². The minimum absolute atomic E-state index is 0.00787. The summed E-state index contributed by atoms with van der Waals surface area (Å²) in [5.74, 6) is -0.419. The van der Waals surface area contributed by atoms with Crippen LogP contribution in [-0.2, 0) is 9.53 Å². The Morgan fingerprint density at radius 1 is 1.10 bits per heavy atom. The maximum Gasteiger partial charge on any atom is 0.338 e. The highest BCUT2D eigenvalue weighted by molar-refractivity contribution is 7.80. The maximum absolute atomic E-state index is 13.8. The van der Waals surface area contributed by atoms with Crippen molar-refractivity contribution in [3.05, 3.63) is 105 Å². The second kappa shape index (κ2) is 11.1. The van der Waals surface area contributed by atoms with Gasteiger partial charge in [0.1, 0.15) is 0 Å². The Morgan fingerprint density at radius 3 is 2.44 bits per heavy atom. The van der Waals surface area contributed by atoms with Gasteiger partial charge < -0.3 is 20.3 Å². The van der Waals surface area contributed by atoms with E-state index in [0.717, 1.165) is 17.1 Å². The first kappa shape index (κ1) is 28.0. The van der Waals surface area contributed by atoms with Crippen LogP contribution in [0, 0.1) is 15.5 Å². The Hall–Kier alpha value is -4.57. The molecule has 0 unspecified atom stereocenters. The second-order valence-corrected chi connectivity index (χ2v) is 11.2. The fourth-order valence-corrected chi connectivity index (χ4v) is 5.71. The number of hydrogen-bond donors (Lipinski definition) is 2. The average molecular weight is 571 g/mol. The molecule has 1 aliphatic heterocycles. The summed E-state index contributed by atoms with van der Waals surface area (Å²) in [6.07, 6.45) is 1.01. The van der Waals surface area contributed by atoms with Crippen LogP contribution in [0.5, 0.6) is 0 Å². The Bertz CT molecular complexity index is 1560. The van der Waals surface area contributed by atoms with Crippen molar-refractivity contribution in [3.8, 4) is 0 Å². The van der Waals surface area contributed by atoms with Gasteiger partial charge in [0.25, 0.3) is 5.69 Å². The van der Waals surface area contributed by atoms with E-state index in [4.69, 9.17) is 17.0 Å². The molecular formula is C31H30N4O5S. The number of anilines is 3.